The summed E-state index contributed by atoms with van der Waals surface area (Å²) in [6, 6.07) is 13.7. The van der Waals surface area contributed by atoms with Crippen molar-refractivity contribution < 1.29 is 13.2 Å². The third-order valence-electron chi connectivity index (χ3n) is 5.49. The van der Waals surface area contributed by atoms with Crippen LogP contribution in [0.1, 0.15) is 52.4 Å². The number of aryl methyl sites for hydroxylation is 2. The van der Waals surface area contributed by atoms with Crippen LogP contribution in [-0.2, 0) is 22.9 Å². The van der Waals surface area contributed by atoms with E-state index in [1.165, 1.54) is 21.7 Å². The highest BCUT2D eigenvalue weighted by Crippen LogP contribution is 2.32. The highest BCUT2D eigenvalue weighted by atomic mass is 32.2. The summed E-state index contributed by atoms with van der Waals surface area (Å²) < 4.78 is 25.4. The SMILES string of the molecule is CS(=O)(=O)N1CCCc2cc(C(=O)N[C@@H]3CCCc4ccccc43)ccc21. The van der Waals surface area contributed by atoms with Crippen LogP contribution in [0.2, 0.25) is 0 Å². The zero-order chi connectivity index (χ0) is 19.0. The Bertz CT molecular complexity index is 985. The Morgan fingerprint density at radius 2 is 1.85 bits per heavy atom. The standard InChI is InChI=1S/C21H24N2O3S/c1-27(25,26)23-13-5-8-16-14-17(11-12-20(16)23)21(24)22-19-10-4-7-15-6-2-3-9-18(15)19/h2-3,6,9,11-12,14,19H,4-5,7-8,10,13H2,1H3,(H,22,24)/t19-/m1/s1. The quantitative estimate of drug-likeness (QED) is 0.884. The fourth-order valence-electron chi connectivity index (χ4n) is 4.19. The molecule has 1 aliphatic heterocycles. The third kappa shape index (κ3) is 3.58. The van der Waals surface area contributed by atoms with E-state index < -0.39 is 10.0 Å². The van der Waals surface area contributed by atoms with Crippen LogP contribution in [0, 0.1) is 0 Å². The van der Waals surface area contributed by atoms with Gasteiger partial charge >= 0.3 is 0 Å². The molecular weight excluding hydrogens is 360 g/mol. The molecule has 0 spiro atoms. The molecule has 0 radical (unpaired) electrons. The smallest absolute Gasteiger partial charge is 0.251 e. The third-order valence-corrected chi connectivity index (χ3v) is 6.67. The van der Waals surface area contributed by atoms with E-state index in [1.54, 1.807) is 12.1 Å². The largest absolute Gasteiger partial charge is 0.345 e. The molecular formula is C21H24N2O3S. The average Bonchev–Trinajstić information content (AvgIpc) is 2.66. The predicted octanol–water partition coefficient (Wildman–Crippen LogP) is 3.21. The van der Waals surface area contributed by atoms with Crippen molar-refractivity contribution >= 4 is 21.6 Å². The summed E-state index contributed by atoms with van der Waals surface area (Å²) in [6.45, 7) is 0.496. The van der Waals surface area contributed by atoms with Crippen molar-refractivity contribution in [1.82, 2.24) is 5.32 Å². The van der Waals surface area contributed by atoms with E-state index in [0.29, 0.717) is 17.8 Å². The van der Waals surface area contributed by atoms with E-state index in [-0.39, 0.29) is 11.9 Å². The van der Waals surface area contributed by atoms with Gasteiger partial charge in [-0.3, -0.25) is 9.10 Å². The molecule has 0 saturated carbocycles. The zero-order valence-corrected chi connectivity index (χ0v) is 16.3. The van der Waals surface area contributed by atoms with Crippen LogP contribution in [0.25, 0.3) is 0 Å². The van der Waals surface area contributed by atoms with Crippen molar-refractivity contribution in [2.45, 2.75) is 38.1 Å². The van der Waals surface area contributed by atoms with Gasteiger partial charge in [0.05, 0.1) is 18.0 Å². The summed E-state index contributed by atoms with van der Waals surface area (Å²) in [5, 5.41) is 3.17. The van der Waals surface area contributed by atoms with E-state index in [0.717, 1.165) is 37.7 Å². The van der Waals surface area contributed by atoms with Gasteiger partial charge in [0.25, 0.3) is 5.91 Å². The molecule has 0 saturated heterocycles. The number of carbonyl (C=O) groups excluding carboxylic acids is 1. The lowest BCUT2D eigenvalue weighted by Gasteiger charge is -2.30. The maximum absolute atomic E-state index is 12.8. The molecule has 142 valence electrons. The van der Waals surface area contributed by atoms with Gasteiger partial charge in [0, 0.05) is 12.1 Å². The minimum atomic E-state index is -3.30. The second-order valence-electron chi connectivity index (χ2n) is 7.40. The lowest BCUT2D eigenvalue weighted by atomic mass is 9.87. The lowest BCUT2D eigenvalue weighted by Crippen LogP contribution is -2.35. The van der Waals surface area contributed by atoms with E-state index in [2.05, 4.69) is 17.4 Å². The number of fused-ring (bicyclic) bond motifs is 2. The first-order valence-electron chi connectivity index (χ1n) is 9.43. The molecule has 6 heteroatoms. The molecule has 4 rings (SSSR count). The summed E-state index contributed by atoms with van der Waals surface area (Å²) in [5.41, 5.74) is 4.72. The predicted molar refractivity (Wildman–Crippen MR) is 107 cm³/mol. The Hall–Kier alpha value is -2.34. The number of rotatable bonds is 3. The molecule has 0 bridgehead atoms. The molecule has 2 aromatic carbocycles. The lowest BCUT2D eigenvalue weighted by molar-refractivity contribution is 0.0932. The van der Waals surface area contributed by atoms with E-state index in [9.17, 15) is 13.2 Å². The van der Waals surface area contributed by atoms with Crippen molar-refractivity contribution in [3.05, 3.63) is 64.7 Å². The minimum absolute atomic E-state index is 0.0333. The van der Waals surface area contributed by atoms with Crippen molar-refractivity contribution in [3.8, 4) is 0 Å². The molecule has 0 aromatic heterocycles. The van der Waals surface area contributed by atoms with Crippen LogP contribution in [0.3, 0.4) is 0 Å². The van der Waals surface area contributed by atoms with Gasteiger partial charge in [-0.15, -0.1) is 0 Å². The number of benzene rings is 2. The van der Waals surface area contributed by atoms with Crippen LogP contribution in [0.15, 0.2) is 42.5 Å². The number of carbonyl (C=O) groups is 1. The average molecular weight is 385 g/mol. The Labute approximate surface area is 160 Å². The van der Waals surface area contributed by atoms with Gasteiger partial charge in [-0.1, -0.05) is 24.3 Å². The fourth-order valence-corrected chi connectivity index (χ4v) is 5.19. The summed E-state index contributed by atoms with van der Waals surface area (Å²) in [4.78, 5) is 12.8. The zero-order valence-electron chi connectivity index (χ0n) is 15.4. The normalized spacial score (nSPS) is 19.1. The molecule has 2 aromatic rings. The van der Waals surface area contributed by atoms with E-state index in [1.807, 2.05) is 18.2 Å². The van der Waals surface area contributed by atoms with Gasteiger partial charge in [0.15, 0.2) is 0 Å². The van der Waals surface area contributed by atoms with Crippen LogP contribution >= 0.6 is 0 Å². The maximum atomic E-state index is 12.8. The second-order valence-corrected chi connectivity index (χ2v) is 9.31. The van der Waals surface area contributed by atoms with Gasteiger partial charge in [-0.2, -0.15) is 0 Å². The van der Waals surface area contributed by atoms with Crippen LogP contribution in [-0.4, -0.2) is 27.1 Å². The number of hydrogen-bond acceptors (Lipinski definition) is 3. The number of nitrogens with zero attached hydrogens (tertiary/aromatic N) is 1. The van der Waals surface area contributed by atoms with Crippen LogP contribution < -0.4 is 9.62 Å². The first-order valence-corrected chi connectivity index (χ1v) is 11.3. The molecule has 1 aliphatic carbocycles. The molecule has 1 N–H and O–H groups in total. The van der Waals surface area contributed by atoms with Crippen molar-refractivity contribution in [1.29, 1.82) is 0 Å². The molecule has 0 unspecified atom stereocenters. The molecule has 2 aliphatic rings. The first kappa shape index (κ1) is 18.0. The van der Waals surface area contributed by atoms with Gasteiger partial charge in [-0.25, -0.2) is 8.42 Å². The Morgan fingerprint density at radius 1 is 1.07 bits per heavy atom. The minimum Gasteiger partial charge on any atom is -0.345 e. The number of anilines is 1. The number of amides is 1. The topological polar surface area (TPSA) is 66.5 Å². The number of sulfonamides is 1. The molecule has 5 nitrogen and oxygen atoms in total. The summed E-state index contributed by atoms with van der Waals surface area (Å²) in [6.07, 6.45) is 5.84. The Kier molecular flexibility index (Phi) is 4.68. The fraction of sp³-hybridized carbons (Fsp3) is 0.381. The van der Waals surface area contributed by atoms with Crippen molar-refractivity contribution in [2.24, 2.45) is 0 Å². The van der Waals surface area contributed by atoms with Crippen LogP contribution in [0.5, 0.6) is 0 Å². The molecule has 1 atom stereocenters. The Morgan fingerprint density at radius 3 is 2.67 bits per heavy atom. The second kappa shape index (κ2) is 7.00. The van der Waals surface area contributed by atoms with Gasteiger partial charge in [0.1, 0.15) is 0 Å². The highest BCUT2D eigenvalue weighted by Gasteiger charge is 2.26. The molecule has 0 fully saturated rings. The van der Waals surface area contributed by atoms with Gasteiger partial charge < -0.3 is 5.32 Å². The summed E-state index contributed by atoms with van der Waals surface area (Å²) in [5.74, 6) is -0.101. The summed E-state index contributed by atoms with van der Waals surface area (Å²) in [7, 11) is -3.30. The van der Waals surface area contributed by atoms with E-state index in [4.69, 9.17) is 0 Å². The highest BCUT2D eigenvalue weighted by molar-refractivity contribution is 7.92. The number of hydrogen-bond donors (Lipinski definition) is 1. The number of nitrogens with one attached hydrogen (secondary N) is 1. The molecule has 1 heterocycles. The first-order chi connectivity index (χ1) is 12.9. The monoisotopic (exact) mass is 384 g/mol. The van der Waals surface area contributed by atoms with Crippen molar-refractivity contribution in [3.63, 3.8) is 0 Å². The van der Waals surface area contributed by atoms with Crippen LogP contribution in [0.4, 0.5) is 5.69 Å². The van der Waals surface area contributed by atoms with Crippen molar-refractivity contribution in [2.75, 3.05) is 17.1 Å². The summed E-state index contributed by atoms with van der Waals surface area (Å²) >= 11 is 0. The molecule has 27 heavy (non-hydrogen) atoms. The molecule has 1 amide bonds. The Balaban J connectivity index is 1.57. The van der Waals surface area contributed by atoms with Gasteiger partial charge in [0.2, 0.25) is 10.0 Å². The maximum Gasteiger partial charge on any atom is 0.251 e. The van der Waals surface area contributed by atoms with E-state index >= 15 is 0 Å². The van der Waals surface area contributed by atoms with Gasteiger partial charge in [-0.05, 0) is 67.0 Å².